The fraction of sp³-hybridized carbons (Fsp3) is 0.211. The molecule has 4 aromatic carbocycles. The van der Waals surface area contributed by atoms with Crippen molar-refractivity contribution in [3.8, 4) is 5.88 Å². The molecule has 5 nitrogen and oxygen atoms in total. The van der Waals surface area contributed by atoms with Gasteiger partial charge >= 0.3 is 0 Å². The largest absolute Gasteiger partial charge is 0.481 e. The van der Waals surface area contributed by atoms with Gasteiger partial charge in [-0.25, -0.2) is 13.8 Å². The van der Waals surface area contributed by atoms with Crippen LogP contribution in [0.15, 0.2) is 120 Å². The van der Waals surface area contributed by atoms with Crippen molar-refractivity contribution >= 4 is 16.9 Å². The van der Waals surface area contributed by atoms with E-state index in [1.54, 1.807) is 25.1 Å². The monoisotopic (exact) mass is 633 g/mol. The molecule has 0 spiro atoms. The highest BCUT2D eigenvalue weighted by molar-refractivity contribution is 8.13. The molecule has 0 unspecified atom stereocenters. The number of amidine groups is 1. The minimum atomic E-state index is -1.09. The number of ether oxygens (including phenoxy) is 1. The van der Waals surface area contributed by atoms with E-state index in [0.29, 0.717) is 28.8 Å². The Morgan fingerprint density at radius 3 is 2.04 bits per heavy atom. The third-order valence-corrected chi connectivity index (χ3v) is 10.4. The van der Waals surface area contributed by atoms with Crippen LogP contribution in [-0.4, -0.2) is 28.1 Å². The van der Waals surface area contributed by atoms with Crippen LogP contribution in [0.25, 0.3) is 0 Å². The van der Waals surface area contributed by atoms with E-state index in [0.717, 1.165) is 39.4 Å². The SMILES string of the molecule is COc1ncc(CO)c2c1C[C@]1(c3ccc(F)cc3F)N=C(NC(c3ccccc3)(c3ccccc3)c3ccccc3)SC[C@@H]1C2. The maximum atomic E-state index is 15.9. The molecule has 1 aliphatic carbocycles. The van der Waals surface area contributed by atoms with Gasteiger partial charge in [0.05, 0.1) is 19.3 Å². The Labute approximate surface area is 271 Å². The fourth-order valence-electron chi connectivity index (χ4n) is 7.14. The van der Waals surface area contributed by atoms with Crippen molar-refractivity contribution in [1.82, 2.24) is 10.3 Å². The number of methoxy groups -OCH3 is 1. The van der Waals surface area contributed by atoms with Gasteiger partial charge in [0.1, 0.15) is 17.2 Å². The molecule has 1 aromatic heterocycles. The molecule has 1 aliphatic heterocycles. The Morgan fingerprint density at radius 1 is 0.891 bits per heavy atom. The van der Waals surface area contributed by atoms with E-state index in [-0.39, 0.29) is 18.9 Å². The summed E-state index contributed by atoms with van der Waals surface area (Å²) in [4.78, 5) is 9.92. The van der Waals surface area contributed by atoms with Crippen molar-refractivity contribution in [1.29, 1.82) is 0 Å². The predicted molar refractivity (Wildman–Crippen MR) is 178 cm³/mol. The summed E-state index contributed by atoms with van der Waals surface area (Å²) in [6, 6.07) is 34.5. The number of nitrogens with zero attached hydrogens (tertiary/aromatic N) is 2. The maximum Gasteiger partial charge on any atom is 0.216 e. The minimum absolute atomic E-state index is 0.146. The predicted octanol–water partition coefficient (Wildman–Crippen LogP) is 7.16. The molecule has 2 heterocycles. The standard InChI is InChI=1S/C38H33F2N3O2S/c1-45-35-32-21-37(33-18-17-30(39)20-34(33)40)29(19-31(32)25(23-44)22-41-35)24-46-36(42-37)43-38(26-11-5-2-6-12-26,27-13-7-3-8-14-27)28-15-9-4-10-16-28/h2-18,20,22,29,44H,19,21,23-24H2,1H3,(H,42,43)/t29-,37-/m0/s1. The second-order valence-corrected chi connectivity index (χ2v) is 12.7. The first-order valence-electron chi connectivity index (χ1n) is 15.3. The summed E-state index contributed by atoms with van der Waals surface area (Å²) in [6.45, 7) is -0.166. The number of fused-ring (bicyclic) bond motifs is 2. The highest BCUT2D eigenvalue weighted by Crippen LogP contribution is 2.51. The Morgan fingerprint density at radius 2 is 1.50 bits per heavy atom. The van der Waals surface area contributed by atoms with Gasteiger partial charge in [0.15, 0.2) is 5.17 Å². The number of rotatable bonds is 7. The Hall–Kier alpha value is -4.53. The van der Waals surface area contributed by atoms with Crippen molar-refractivity contribution < 1.29 is 18.6 Å². The summed E-state index contributed by atoms with van der Waals surface area (Å²) in [5.74, 6) is -0.397. The number of hydrogen-bond donors (Lipinski definition) is 2. The van der Waals surface area contributed by atoms with E-state index in [1.807, 2.05) is 54.6 Å². The number of thioether (sulfide) groups is 1. The zero-order valence-corrected chi connectivity index (χ0v) is 26.1. The van der Waals surface area contributed by atoms with Crippen molar-refractivity contribution in [3.63, 3.8) is 0 Å². The molecule has 232 valence electrons. The lowest BCUT2D eigenvalue weighted by Crippen LogP contribution is -2.52. The van der Waals surface area contributed by atoms with E-state index < -0.39 is 22.7 Å². The van der Waals surface area contributed by atoms with Gasteiger partial charge in [-0.3, -0.25) is 4.99 Å². The van der Waals surface area contributed by atoms with Crippen molar-refractivity contribution in [2.45, 2.75) is 30.5 Å². The summed E-state index contributed by atoms with van der Waals surface area (Å²) >= 11 is 1.59. The van der Waals surface area contributed by atoms with Crippen LogP contribution in [-0.2, 0) is 30.5 Å². The molecule has 0 fully saturated rings. The van der Waals surface area contributed by atoms with Crippen LogP contribution in [0.2, 0.25) is 0 Å². The van der Waals surface area contributed by atoms with Crippen molar-refractivity contribution in [2.24, 2.45) is 10.9 Å². The molecule has 8 heteroatoms. The number of benzene rings is 4. The summed E-state index contributed by atoms with van der Waals surface area (Å²) in [7, 11) is 1.55. The molecular formula is C38H33F2N3O2S. The van der Waals surface area contributed by atoms with Crippen LogP contribution in [0.3, 0.4) is 0 Å². The molecule has 46 heavy (non-hydrogen) atoms. The van der Waals surface area contributed by atoms with Gasteiger partial charge in [-0.05, 0) is 40.3 Å². The van der Waals surface area contributed by atoms with E-state index in [9.17, 15) is 9.50 Å². The maximum absolute atomic E-state index is 15.9. The van der Waals surface area contributed by atoms with Crippen LogP contribution in [0.1, 0.15) is 38.9 Å². The molecule has 2 N–H and O–H groups in total. The second kappa shape index (κ2) is 12.3. The van der Waals surface area contributed by atoms with E-state index in [1.165, 1.54) is 12.1 Å². The van der Waals surface area contributed by atoms with Gasteiger partial charge in [0.25, 0.3) is 0 Å². The second-order valence-electron chi connectivity index (χ2n) is 11.7. The number of nitrogens with one attached hydrogen (secondary N) is 1. The van der Waals surface area contributed by atoms with E-state index in [4.69, 9.17) is 9.73 Å². The third kappa shape index (κ3) is 5.06. The minimum Gasteiger partial charge on any atom is -0.481 e. The molecule has 5 aromatic rings. The van der Waals surface area contributed by atoms with Crippen molar-refractivity contribution in [3.05, 3.63) is 166 Å². The molecule has 0 saturated heterocycles. The molecule has 0 radical (unpaired) electrons. The van der Waals surface area contributed by atoms with Gasteiger partial charge in [-0.15, -0.1) is 0 Å². The van der Waals surface area contributed by atoms with E-state index in [2.05, 4.69) is 46.7 Å². The summed E-state index contributed by atoms with van der Waals surface area (Å²) < 4.78 is 35.9. The summed E-state index contributed by atoms with van der Waals surface area (Å²) in [6.07, 6.45) is 2.45. The lowest BCUT2D eigenvalue weighted by molar-refractivity contribution is 0.249. The molecule has 0 bridgehead atoms. The number of aliphatic hydroxyl groups excluding tert-OH is 1. The van der Waals surface area contributed by atoms with Gasteiger partial charge in [0, 0.05) is 41.5 Å². The number of hydrogen-bond acceptors (Lipinski definition) is 6. The van der Waals surface area contributed by atoms with E-state index >= 15 is 4.39 Å². The normalized spacial score (nSPS) is 19.0. The topological polar surface area (TPSA) is 66.7 Å². The fourth-order valence-corrected chi connectivity index (χ4v) is 8.34. The number of halogens is 2. The van der Waals surface area contributed by atoms with Crippen LogP contribution < -0.4 is 10.1 Å². The lowest BCUT2D eigenvalue weighted by Gasteiger charge is -2.47. The molecule has 2 atom stereocenters. The first kappa shape index (κ1) is 30.1. The average Bonchev–Trinajstić information content (AvgIpc) is 3.10. The van der Waals surface area contributed by atoms with Gasteiger partial charge in [-0.1, -0.05) is 109 Å². The number of aliphatic hydroxyl groups is 1. The van der Waals surface area contributed by atoms with Gasteiger partial charge < -0.3 is 15.2 Å². The van der Waals surface area contributed by atoms with Gasteiger partial charge in [0.2, 0.25) is 5.88 Å². The number of pyridine rings is 1. The van der Waals surface area contributed by atoms with Crippen LogP contribution >= 0.6 is 11.8 Å². The van der Waals surface area contributed by atoms with Crippen molar-refractivity contribution in [2.75, 3.05) is 12.9 Å². The Bertz CT molecular complexity index is 1790. The summed E-state index contributed by atoms with van der Waals surface area (Å²) in [5, 5.41) is 14.7. The highest BCUT2D eigenvalue weighted by Gasteiger charge is 2.50. The molecule has 2 aliphatic rings. The van der Waals surface area contributed by atoms with Crippen LogP contribution in [0, 0.1) is 17.6 Å². The van der Waals surface area contributed by atoms with Crippen LogP contribution in [0.4, 0.5) is 8.78 Å². The molecule has 0 amide bonds. The smallest absolute Gasteiger partial charge is 0.216 e. The highest BCUT2D eigenvalue weighted by atomic mass is 32.2. The first-order chi connectivity index (χ1) is 22.5. The average molecular weight is 634 g/mol. The third-order valence-electron chi connectivity index (χ3n) is 9.32. The van der Waals surface area contributed by atoms with Gasteiger partial charge in [-0.2, -0.15) is 0 Å². The Kier molecular flexibility index (Phi) is 8.09. The zero-order valence-electron chi connectivity index (χ0n) is 25.3. The Balaban J connectivity index is 1.46. The zero-order chi connectivity index (χ0) is 31.7. The number of aromatic nitrogens is 1. The van der Waals surface area contributed by atoms with Crippen LogP contribution in [0.5, 0.6) is 5.88 Å². The first-order valence-corrected chi connectivity index (χ1v) is 16.2. The summed E-state index contributed by atoms with van der Waals surface area (Å²) in [5.41, 5.74) is 3.93. The number of aliphatic imine (C=N–C) groups is 1. The molecule has 0 saturated carbocycles. The molecular weight excluding hydrogens is 601 g/mol. The lowest BCUT2D eigenvalue weighted by atomic mass is 9.67. The molecule has 7 rings (SSSR count). The quantitative estimate of drug-likeness (QED) is 0.186.